The predicted octanol–water partition coefficient (Wildman–Crippen LogP) is 4.10. The number of piperidine rings is 1. The third-order valence-corrected chi connectivity index (χ3v) is 8.46. The number of nitrogens with two attached hydrogens (primary N) is 1. The van der Waals surface area contributed by atoms with E-state index in [1.54, 1.807) is 24.3 Å². The Hall–Kier alpha value is -1.81. The second-order valence-corrected chi connectivity index (χ2v) is 10.2. The van der Waals surface area contributed by atoms with Crippen LogP contribution < -0.4 is 14.9 Å². The third-order valence-electron chi connectivity index (χ3n) is 5.67. The minimum Gasteiger partial charge on any atom is -0.398 e. The van der Waals surface area contributed by atoms with Gasteiger partial charge in [0.2, 0.25) is 0 Å². The summed E-state index contributed by atoms with van der Waals surface area (Å²) in [5.74, 6) is 0. The van der Waals surface area contributed by atoms with Crippen LogP contribution in [0.15, 0.2) is 58.0 Å². The first kappa shape index (κ1) is 20.5. The van der Waals surface area contributed by atoms with Gasteiger partial charge in [-0.3, -0.25) is 0 Å². The molecule has 0 radical (unpaired) electrons. The molecule has 9 heteroatoms. The molecule has 2 aromatic carbocycles. The van der Waals surface area contributed by atoms with Crippen molar-refractivity contribution in [3.05, 3.63) is 58.7 Å². The normalized spacial score (nSPS) is 22.6. The molecule has 29 heavy (non-hydrogen) atoms. The van der Waals surface area contributed by atoms with Crippen LogP contribution in [0.1, 0.15) is 18.4 Å². The van der Waals surface area contributed by atoms with Gasteiger partial charge in [-0.15, -0.1) is 0 Å². The molecule has 1 saturated heterocycles. The van der Waals surface area contributed by atoms with E-state index in [1.807, 2.05) is 0 Å². The summed E-state index contributed by atoms with van der Waals surface area (Å²) in [4.78, 5) is 0.0828. The largest absolute Gasteiger partial charge is 0.398 e. The van der Waals surface area contributed by atoms with Crippen LogP contribution in [0.3, 0.4) is 0 Å². The molecule has 2 heterocycles. The van der Waals surface area contributed by atoms with E-state index in [9.17, 15) is 17.2 Å². The molecule has 0 amide bonds. The lowest BCUT2D eigenvalue weighted by Gasteiger charge is -2.40. The van der Waals surface area contributed by atoms with Gasteiger partial charge in [-0.2, -0.15) is 12.3 Å². The van der Waals surface area contributed by atoms with Crippen molar-refractivity contribution in [2.75, 3.05) is 18.8 Å². The van der Waals surface area contributed by atoms with Gasteiger partial charge in [-0.25, -0.2) is 8.78 Å². The van der Waals surface area contributed by atoms with Gasteiger partial charge in [0.05, 0.1) is 11.1 Å². The Morgan fingerprint density at radius 2 is 1.76 bits per heavy atom. The molecule has 3 N–H and O–H groups in total. The highest BCUT2D eigenvalue weighted by Crippen LogP contribution is 2.51. The monoisotopic (exact) mass is 484 g/mol. The highest BCUT2D eigenvalue weighted by atomic mass is 79.9. The van der Waals surface area contributed by atoms with Crippen LogP contribution in [0.2, 0.25) is 0 Å². The number of anilines is 1. The summed E-state index contributed by atoms with van der Waals surface area (Å²) < 4.78 is 56.1. The summed E-state index contributed by atoms with van der Waals surface area (Å²) in [6, 6.07) is 10.6. The van der Waals surface area contributed by atoms with E-state index in [0.29, 0.717) is 31.6 Å². The van der Waals surface area contributed by atoms with Gasteiger partial charge < -0.3 is 11.1 Å². The van der Waals surface area contributed by atoms with E-state index in [-0.39, 0.29) is 21.7 Å². The van der Waals surface area contributed by atoms with Crippen molar-refractivity contribution in [1.29, 1.82) is 0 Å². The van der Waals surface area contributed by atoms with Gasteiger partial charge in [0, 0.05) is 42.2 Å². The van der Waals surface area contributed by atoms with E-state index in [2.05, 4.69) is 21.2 Å². The lowest BCUT2D eigenvalue weighted by Crippen LogP contribution is -2.58. The standard InChI is InChI=1S/C20H21BrF2N3O2S/c21-13-4-6-15(7-5-13)29(27,28)26(14-8-10-25-11-9-14)12-16(20(22)23)19-17(24)2-1-3-18(19)26/h1-7,12,14,20,25H,8-11,24H2/q+1. The number of benzene rings is 2. The molecule has 4 rings (SSSR count). The predicted molar refractivity (Wildman–Crippen MR) is 114 cm³/mol. The highest BCUT2D eigenvalue weighted by molar-refractivity contribution is 9.10. The Morgan fingerprint density at radius 1 is 1.10 bits per heavy atom. The zero-order chi connectivity index (χ0) is 20.8. The maximum Gasteiger partial charge on any atom is 0.336 e. The Morgan fingerprint density at radius 3 is 2.38 bits per heavy atom. The number of fused-ring (bicyclic) bond motifs is 1. The van der Waals surface area contributed by atoms with Crippen LogP contribution in [0.25, 0.3) is 5.57 Å². The number of allylic oxidation sites excluding steroid dienone is 1. The molecule has 0 spiro atoms. The molecule has 2 aromatic rings. The van der Waals surface area contributed by atoms with E-state index < -0.39 is 26.4 Å². The van der Waals surface area contributed by atoms with Crippen molar-refractivity contribution < 1.29 is 17.2 Å². The molecule has 0 bridgehead atoms. The van der Waals surface area contributed by atoms with Crippen molar-refractivity contribution in [2.24, 2.45) is 0 Å². The Bertz CT molecular complexity index is 1070. The maximum atomic E-state index is 14.0. The van der Waals surface area contributed by atoms with Gasteiger partial charge in [0.15, 0.2) is 5.69 Å². The smallest absolute Gasteiger partial charge is 0.336 e. The molecule has 154 valence electrons. The van der Waals surface area contributed by atoms with E-state index in [4.69, 9.17) is 5.73 Å². The fraction of sp³-hybridized carbons (Fsp3) is 0.300. The van der Waals surface area contributed by atoms with Crippen LogP contribution in [0.5, 0.6) is 0 Å². The first-order chi connectivity index (χ1) is 13.8. The average molecular weight is 485 g/mol. The molecule has 0 saturated carbocycles. The molecular formula is C20H21BrF2N3O2S+. The lowest BCUT2D eigenvalue weighted by molar-refractivity contribution is 0.214. The van der Waals surface area contributed by atoms with Crippen LogP contribution >= 0.6 is 15.9 Å². The number of nitrogens with zero attached hydrogens (tertiary/aromatic N) is 1. The van der Waals surface area contributed by atoms with Crippen LogP contribution in [0, 0.1) is 0 Å². The summed E-state index contributed by atoms with van der Waals surface area (Å²) in [5.41, 5.74) is 6.34. The van der Waals surface area contributed by atoms with Gasteiger partial charge in [0.1, 0.15) is 17.1 Å². The summed E-state index contributed by atoms with van der Waals surface area (Å²) in [6.07, 6.45) is -0.534. The Kier molecular flexibility index (Phi) is 5.27. The van der Waals surface area contributed by atoms with Crippen molar-refractivity contribution in [2.45, 2.75) is 30.2 Å². The molecule has 2 aliphatic heterocycles. The van der Waals surface area contributed by atoms with Gasteiger partial charge >= 0.3 is 10.0 Å². The number of quaternary nitrogens is 1. The maximum absolute atomic E-state index is 14.0. The molecule has 1 unspecified atom stereocenters. The molecule has 1 atom stereocenters. The summed E-state index contributed by atoms with van der Waals surface area (Å²) in [7, 11) is -4.09. The molecule has 2 aliphatic rings. The zero-order valence-corrected chi connectivity index (χ0v) is 17.9. The van der Waals surface area contributed by atoms with E-state index >= 15 is 0 Å². The molecule has 0 aromatic heterocycles. The molecule has 5 nitrogen and oxygen atoms in total. The van der Waals surface area contributed by atoms with Gasteiger partial charge in [-0.05, 0) is 30.3 Å². The molecular weight excluding hydrogens is 464 g/mol. The SMILES string of the molecule is Nc1cccc2c1C(C(F)F)=C[N+]2(C1CCNCC1)S(=O)(=O)c1ccc(Br)cc1. The fourth-order valence-corrected chi connectivity index (χ4v) is 6.70. The van der Waals surface area contributed by atoms with Crippen molar-refractivity contribution in [3.63, 3.8) is 0 Å². The second-order valence-electron chi connectivity index (χ2n) is 7.25. The number of hydrogen-bond acceptors (Lipinski definition) is 4. The average Bonchev–Trinajstić information content (AvgIpc) is 3.08. The van der Waals surface area contributed by atoms with Crippen LogP contribution in [0.4, 0.5) is 20.2 Å². The minimum absolute atomic E-state index is 0.0828. The van der Waals surface area contributed by atoms with Crippen LogP contribution in [-0.4, -0.2) is 34.0 Å². The van der Waals surface area contributed by atoms with Gasteiger partial charge in [0.25, 0.3) is 6.43 Å². The van der Waals surface area contributed by atoms with E-state index in [0.717, 1.165) is 4.47 Å². The second kappa shape index (κ2) is 7.46. The number of nitrogens with one attached hydrogen (secondary N) is 1. The molecule has 0 aliphatic carbocycles. The van der Waals surface area contributed by atoms with Gasteiger partial charge in [-0.1, -0.05) is 22.0 Å². The van der Waals surface area contributed by atoms with Crippen molar-refractivity contribution in [1.82, 2.24) is 9.21 Å². The highest BCUT2D eigenvalue weighted by Gasteiger charge is 2.56. The zero-order valence-electron chi connectivity index (χ0n) is 15.5. The van der Waals surface area contributed by atoms with Crippen molar-refractivity contribution in [3.8, 4) is 0 Å². The topological polar surface area (TPSA) is 72.2 Å². The lowest BCUT2D eigenvalue weighted by atomic mass is 10.0. The van der Waals surface area contributed by atoms with E-state index in [1.165, 1.54) is 24.4 Å². The number of alkyl halides is 2. The summed E-state index contributed by atoms with van der Waals surface area (Å²) in [6.45, 7) is 1.24. The van der Waals surface area contributed by atoms with Crippen LogP contribution in [-0.2, 0) is 10.0 Å². The Labute approximate surface area is 177 Å². The number of sulfonamides is 1. The number of nitrogen functional groups attached to an aromatic ring is 1. The first-order valence-corrected chi connectivity index (χ1v) is 11.5. The summed E-state index contributed by atoms with van der Waals surface area (Å²) >= 11 is 3.31. The quantitative estimate of drug-likeness (QED) is 0.506. The number of hydrogen-bond donors (Lipinski definition) is 2. The fourth-order valence-electron chi connectivity index (χ4n) is 4.34. The minimum atomic E-state index is -4.09. The number of rotatable bonds is 4. The Balaban J connectivity index is 2.04. The molecule has 1 fully saturated rings. The third kappa shape index (κ3) is 3.11. The first-order valence-electron chi connectivity index (χ1n) is 9.29. The summed E-state index contributed by atoms with van der Waals surface area (Å²) in [5, 5.41) is 3.22. The van der Waals surface area contributed by atoms with Crippen molar-refractivity contribution >= 4 is 42.9 Å². The number of halogens is 3.